The molecule has 0 radical (unpaired) electrons. The van der Waals surface area contributed by atoms with Gasteiger partial charge >= 0.3 is 0 Å². The second kappa shape index (κ2) is 11.7. The lowest BCUT2D eigenvalue weighted by Crippen LogP contribution is -2.58. The van der Waals surface area contributed by atoms with Gasteiger partial charge in [0.2, 0.25) is 5.91 Å². The minimum atomic E-state index is -0.625. The lowest BCUT2D eigenvalue weighted by Gasteiger charge is -2.56. The van der Waals surface area contributed by atoms with Crippen molar-refractivity contribution >= 4 is 11.8 Å². The lowest BCUT2D eigenvalue weighted by molar-refractivity contribution is -0.142. The number of rotatable bonds is 8. The third-order valence-corrected chi connectivity index (χ3v) is 9.07. The Morgan fingerprint density at radius 2 is 1.87 bits per heavy atom. The zero-order valence-electron chi connectivity index (χ0n) is 23.1. The summed E-state index contributed by atoms with van der Waals surface area (Å²) in [6.45, 7) is 6.66. The monoisotopic (exact) mass is 523 g/mol. The van der Waals surface area contributed by atoms with Crippen molar-refractivity contribution in [3.8, 4) is 11.5 Å². The molecule has 1 aromatic heterocycles. The molecular weight excluding hydrogens is 482 g/mol. The molecule has 206 valence electrons. The van der Waals surface area contributed by atoms with Gasteiger partial charge in [0.05, 0.1) is 20.3 Å². The topological polar surface area (TPSA) is 110 Å². The molecule has 4 rings (SSSR count). The summed E-state index contributed by atoms with van der Waals surface area (Å²) in [5, 5.41) is 17.9. The molecule has 2 amide bonds. The maximum atomic E-state index is 13.2. The molecule has 2 aromatic rings. The van der Waals surface area contributed by atoms with Crippen LogP contribution in [0.15, 0.2) is 42.6 Å². The van der Waals surface area contributed by atoms with Crippen molar-refractivity contribution in [3.05, 3.63) is 53.9 Å². The Kier molecular flexibility index (Phi) is 8.61. The molecule has 7 atom stereocenters. The Morgan fingerprint density at radius 1 is 1.13 bits per heavy atom. The number of pyridine rings is 1. The first kappa shape index (κ1) is 27.9. The first-order valence-corrected chi connectivity index (χ1v) is 13.6. The number of hydrogen-bond donors (Lipinski definition) is 3. The van der Waals surface area contributed by atoms with Gasteiger partial charge in [-0.25, -0.2) is 0 Å². The summed E-state index contributed by atoms with van der Waals surface area (Å²) >= 11 is 0. The van der Waals surface area contributed by atoms with Gasteiger partial charge in [0.1, 0.15) is 5.69 Å². The highest BCUT2D eigenvalue weighted by Crippen LogP contribution is 2.55. The second-order valence-electron chi connectivity index (χ2n) is 11.3. The Morgan fingerprint density at radius 3 is 2.55 bits per heavy atom. The Hall–Kier alpha value is -3.13. The summed E-state index contributed by atoms with van der Waals surface area (Å²) < 4.78 is 10.7. The Bertz CT molecular complexity index is 1130. The van der Waals surface area contributed by atoms with Crippen LogP contribution in [-0.4, -0.2) is 48.3 Å². The summed E-state index contributed by atoms with van der Waals surface area (Å²) in [4.78, 5) is 30.2. The van der Waals surface area contributed by atoms with Crippen LogP contribution in [0.5, 0.6) is 11.5 Å². The van der Waals surface area contributed by atoms with E-state index in [1.165, 1.54) is 0 Å². The highest BCUT2D eigenvalue weighted by atomic mass is 16.5. The Labute approximate surface area is 225 Å². The molecule has 2 aliphatic rings. The number of carbonyl (C=O) groups is 2. The van der Waals surface area contributed by atoms with Gasteiger partial charge in [0.25, 0.3) is 5.91 Å². The van der Waals surface area contributed by atoms with E-state index in [4.69, 9.17) is 9.47 Å². The van der Waals surface area contributed by atoms with Crippen molar-refractivity contribution in [2.45, 2.75) is 65.1 Å². The number of carbonyl (C=O) groups excluding carboxylic acids is 2. The number of methoxy groups -OCH3 is 2. The van der Waals surface area contributed by atoms with Gasteiger partial charge in [-0.2, -0.15) is 0 Å². The molecule has 1 heterocycles. The molecule has 2 aliphatic carbocycles. The van der Waals surface area contributed by atoms with Gasteiger partial charge in [-0.05, 0) is 78.7 Å². The molecule has 8 heteroatoms. The van der Waals surface area contributed by atoms with E-state index in [-0.39, 0.29) is 46.9 Å². The fourth-order valence-corrected chi connectivity index (χ4v) is 6.77. The maximum absolute atomic E-state index is 13.2. The highest BCUT2D eigenvalue weighted by molar-refractivity contribution is 5.92. The second-order valence-corrected chi connectivity index (χ2v) is 11.3. The van der Waals surface area contributed by atoms with Crippen LogP contribution in [0.2, 0.25) is 0 Å². The number of aliphatic hydroxyl groups is 1. The molecule has 2 fully saturated rings. The molecular formula is C30H41N3O5. The molecule has 0 aliphatic heterocycles. The zero-order chi connectivity index (χ0) is 27.4. The minimum Gasteiger partial charge on any atom is -0.493 e. The molecule has 2 saturated carbocycles. The van der Waals surface area contributed by atoms with Gasteiger partial charge in [0, 0.05) is 24.7 Å². The normalized spacial score (nSPS) is 29.5. The van der Waals surface area contributed by atoms with Crippen LogP contribution in [0.25, 0.3) is 0 Å². The van der Waals surface area contributed by atoms with Crippen molar-refractivity contribution in [1.29, 1.82) is 0 Å². The average Bonchev–Trinajstić information content (AvgIpc) is 2.93. The number of fused-ring (bicyclic) bond motifs is 1. The number of aromatic nitrogens is 1. The largest absolute Gasteiger partial charge is 0.493 e. The molecule has 38 heavy (non-hydrogen) atoms. The number of nitrogens with zero attached hydrogens (tertiary/aromatic N) is 1. The summed E-state index contributed by atoms with van der Waals surface area (Å²) in [5.41, 5.74) is 1.29. The Balaban J connectivity index is 1.41. The maximum Gasteiger partial charge on any atom is 0.270 e. The highest BCUT2D eigenvalue weighted by Gasteiger charge is 2.53. The van der Waals surface area contributed by atoms with Crippen molar-refractivity contribution in [2.24, 2.45) is 29.1 Å². The molecule has 0 spiro atoms. The van der Waals surface area contributed by atoms with E-state index in [1.54, 1.807) is 38.6 Å². The van der Waals surface area contributed by atoms with Gasteiger partial charge in [0.15, 0.2) is 11.5 Å². The van der Waals surface area contributed by atoms with Gasteiger partial charge < -0.3 is 25.2 Å². The van der Waals surface area contributed by atoms with E-state index in [9.17, 15) is 14.7 Å². The summed E-state index contributed by atoms with van der Waals surface area (Å²) in [7, 11) is 3.17. The van der Waals surface area contributed by atoms with Crippen LogP contribution < -0.4 is 20.1 Å². The van der Waals surface area contributed by atoms with E-state index >= 15 is 0 Å². The van der Waals surface area contributed by atoms with E-state index in [0.29, 0.717) is 23.7 Å². The van der Waals surface area contributed by atoms with E-state index in [0.717, 1.165) is 31.2 Å². The van der Waals surface area contributed by atoms with Gasteiger partial charge in [-0.1, -0.05) is 32.9 Å². The first-order valence-electron chi connectivity index (χ1n) is 13.6. The van der Waals surface area contributed by atoms with Crippen LogP contribution in [0.1, 0.15) is 62.5 Å². The van der Waals surface area contributed by atoms with Crippen molar-refractivity contribution < 1.29 is 24.2 Å². The third kappa shape index (κ3) is 5.65. The standard InChI is InChI=1S/C30H41N3O5/c1-18(28(35)32-17-20-9-10-24(37-4)25(16-20)38-5)21-11-13-30(3)14-12-22(19(2)26(30)27(21)34)33-29(36)23-8-6-7-15-31-23/h6-10,15-16,18-19,21-22,26-27,34H,11-14,17H2,1-5H3,(H,32,35)(H,33,36)/t18-,19+,21-,22-,26+,27-,30-/m0/s1. The van der Waals surface area contributed by atoms with E-state index in [1.807, 2.05) is 25.1 Å². The van der Waals surface area contributed by atoms with Crippen LogP contribution in [0, 0.1) is 29.1 Å². The molecule has 8 nitrogen and oxygen atoms in total. The third-order valence-electron chi connectivity index (χ3n) is 9.07. The van der Waals surface area contributed by atoms with E-state index in [2.05, 4.69) is 29.5 Å². The average molecular weight is 524 g/mol. The quantitative estimate of drug-likeness (QED) is 0.483. The fraction of sp³-hybridized carbons (Fsp3) is 0.567. The molecule has 1 aromatic carbocycles. The fourth-order valence-electron chi connectivity index (χ4n) is 6.77. The van der Waals surface area contributed by atoms with Crippen LogP contribution in [0.4, 0.5) is 0 Å². The minimum absolute atomic E-state index is 0.00914. The number of hydrogen-bond acceptors (Lipinski definition) is 6. The predicted octanol–water partition coefficient (Wildman–Crippen LogP) is 3.97. The molecule has 3 N–H and O–H groups in total. The number of benzene rings is 1. The smallest absolute Gasteiger partial charge is 0.270 e. The van der Waals surface area contributed by atoms with Gasteiger partial charge in [-0.3, -0.25) is 14.6 Å². The number of nitrogens with one attached hydrogen (secondary N) is 2. The summed E-state index contributed by atoms with van der Waals surface area (Å²) in [5.74, 6) is 0.570. The first-order chi connectivity index (χ1) is 18.2. The zero-order valence-corrected chi connectivity index (χ0v) is 23.1. The number of ether oxygens (including phenoxy) is 2. The number of amides is 2. The van der Waals surface area contributed by atoms with Gasteiger partial charge in [-0.15, -0.1) is 0 Å². The van der Waals surface area contributed by atoms with Crippen molar-refractivity contribution in [1.82, 2.24) is 15.6 Å². The lowest BCUT2D eigenvalue weighted by atomic mass is 9.51. The van der Waals surface area contributed by atoms with Crippen molar-refractivity contribution in [2.75, 3.05) is 14.2 Å². The van der Waals surface area contributed by atoms with Crippen LogP contribution in [0.3, 0.4) is 0 Å². The number of aliphatic hydroxyl groups excluding tert-OH is 1. The summed E-state index contributed by atoms with van der Waals surface area (Å²) in [6, 6.07) is 10.8. The SMILES string of the molecule is COc1ccc(CNC(=O)[C@@H](C)[C@@H]2CC[C@@]3(C)CC[C@H](NC(=O)c4ccccn4)[C@@H](C)[C@@H]3[C@H]2O)cc1OC. The van der Waals surface area contributed by atoms with E-state index < -0.39 is 6.10 Å². The molecule has 0 saturated heterocycles. The molecule has 0 bridgehead atoms. The predicted molar refractivity (Wildman–Crippen MR) is 145 cm³/mol. The molecule has 0 unspecified atom stereocenters. The summed E-state index contributed by atoms with van der Waals surface area (Å²) in [6.07, 6.45) is 4.54. The van der Waals surface area contributed by atoms with Crippen LogP contribution in [-0.2, 0) is 11.3 Å². The van der Waals surface area contributed by atoms with Crippen LogP contribution >= 0.6 is 0 Å². The van der Waals surface area contributed by atoms with Crippen molar-refractivity contribution in [3.63, 3.8) is 0 Å².